The summed E-state index contributed by atoms with van der Waals surface area (Å²) >= 11 is 0. The van der Waals surface area contributed by atoms with Gasteiger partial charge in [-0.15, -0.1) is 0 Å². The van der Waals surface area contributed by atoms with E-state index in [1.807, 2.05) is 6.92 Å². The van der Waals surface area contributed by atoms with Gasteiger partial charge in [0.1, 0.15) is 0 Å². The SMILES string of the molecule is CCCCCCCOC(=O)C(CCC)(C(=O)OCCCCCCC)C(=O)OCCCCCCC. The molecule has 0 heterocycles. The van der Waals surface area contributed by atoms with Crippen molar-refractivity contribution in [2.75, 3.05) is 19.8 Å². The summed E-state index contributed by atoms with van der Waals surface area (Å²) in [6, 6.07) is 0. The molecule has 0 aromatic carbocycles. The van der Waals surface area contributed by atoms with Gasteiger partial charge >= 0.3 is 17.9 Å². The number of carbonyl (C=O) groups is 3. The molecule has 0 aliphatic rings. The lowest BCUT2D eigenvalue weighted by Gasteiger charge is -2.27. The largest absolute Gasteiger partial charge is 0.464 e. The molecule has 0 aliphatic heterocycles. The molecule has 0 saturated heterocycles. The second-order valence-corrected chi connectivity index (χ2v) is 9.31. The van der Waals surface area contributed by atoms with E-state index in [0.717, 1.165) is 77.0 Å². The fourth-order valence-corrected chi connectivity index (χ4v) is 3.91. The quantitative estimate of drug-likeness (QED) is 0.0654. The van der Waals surface area contributed by atoms with Crippen LogP contribution in [0.1, 0.15) is 137 Å². The molecule has 34 heavy (non-hydrogen) atoms. The van der Waals surface area contributed by atoms with Crippen LogP contribution in [0.2, 0.25) is 0 Å². The number of esters is 3. The molecule has 0 aromatic heterocycles. The Bertz CT molecular complexity index is 462. The number of hydrogen-bond donors (Lipinski definition) is 0. The maximum atomic E-state index is 13.2. The first kappa shape index (κ1) is 32.4. The molecule has 6 heteroatoms. The van der Waals surface area contributed by atoms with Crippen molar-refractivity contribution in [1.82, 2.24) is 0 Å². The van der Waals surface area contributed by atoms with Crippen LogP contribution in [-0.2, 0) is 28.6 Å². The predicted molar refractivity (Wildman–Crippen MR) is 136 cm³/mol. The van der Waals surface area contributed by atoms with Gasteiger partial charge in [0.15, 0.2) is 0 Å². The zero-order valence-electron chi connectivity index (χ0n) is 22.6. The van der Waals surface area contributed by atoms with Crippen molar-refractivity contribution in [2.45, 2.75) is 137 Å². The summed E-state index contributed by atoms with van der Waals surface area (Å²) in [6.07, 6.45) is 15.5. The fourth-order valence-electron chi connectivity index (χ4n) is 3.91. The molecule has 200 valence electrons. The lowest BCUT2D eigenvalue weighted by Crippen LogP contribution is -2.49. The van der Waals surface area contributed by atoms with Gasteiger partial charge in [0.25, 0.3) is 5.41 Å². The van der Waals surface area contributed by atoms with Gasteiger partial charge in [0.2, 0.25) is 0 Å². The first-order valence-corrected chi connectivity index (χ1v) is 14.0. The van der Waals surface area contributed by atoms with Gasteiger partial charge in [-0.05, 0) is 25.7 Å². The first-order chi connectivity index (χ1) is 16.5. The second-order valence-electron chi connectivity index (χ2n) is 9.31. The predicted octanol–water partition coefficient (Wildman–Crippen LogP) is 7.31. The highest BCUT2D eigenvalue weighted by atomic mass is 16.6. The minimum absolute atomic E-state index is 0.0327. The third-order valence-corrected chi connectivity index (χ3v) is 6.11. The van der Waals surface area contributed by atoms with Crippen molar-refractivity contribution in [1.29, 1.82) is 0 Å². The summed E-state index contributed by atoms with van der Waals surface area (Å²) in [5.41, 5.74) is -2.02. The molecular formula is C28H52O6. The smallest absolute Gasteiger partial charge is 0.335 e. The summed E-state index contributed by atoms with van der Waals surface area (Å²) in [5.74, 6) is -2.47. The lowest BCUT2D eigenvalue weighted by molar-refractivity contribution is -0.185. The van der Waals surface area contributed by atoms with Crippen LogP contribution in [-0.4, -0.2) is 37.7 Å². The second kappa shape index (κ2) is 21.9. The summed E-state index contributed by atoms with van der Waals surface area (Å²) in [6.45, 7) is 8.86. The molecule has 0 unspecified atom stereocenters. The summed E-state index contributed by atoms with van der Waals surface area (Å²) in [7, 11) is 0. The Labute approximate surface area is 208 Å². The topological polar surface area (TPSA) is 78.9 Å². The molecule has 0 aliphatic carbocycles. The zero-order chi connectivity index (χ0) is 25.5. The maximum Gasteiger partial charge on any atom is 0.335 e. The van der Waals surface area contributed by atoms with Crippen molar-refractivity contribution in [3.8, 4) is 0 Å². The summed E-state index contributed by atoms with van der Waals surface area (Å²) in [4.78, 5) is 39.5. The number of rotatable bonds is 23. The standard InChI is InChI=1S/C28H52O6/c1-5-9-12-15-18-22-32-25(29)28(21-8-4,26(30)33-23-19-16-13-10-6-2)27(31)34-24-20-17-14-11-7-3/h5-24H2,1-4H3. The van der Waals surface area contributed by atoms with Crippen LogP contribution in [0.25, 0.3) is 0 Å². The molecule has 0 saturated carbocycles. The van der Waals surface area contributed by atoms with E-state index in [9.17, 15) is 14.4 Å². The highest BCUT2D eigenvalue weighted by molar-refractivity contribution is 6.17. The average Bonchev–Trinajstić information content (AvgIpc) is 2.83. The summed E-state index contributed by atoms with van der Waals surface area (Å²) in [5, 5.41) is 0. The molecule has 0 bridgehead atoms. The molecular weight excluding hydrogens is 432 g/mol. The van der Waals surface area contributed by atoms with E-state index in [1.54, 1.807) is 0 Å². The molecule has 0 radical (unpaired) electrons. The zero-order valence-corrected chi connectivity index (χ0v) is 22.6. The van der Waals surface area contributed by atoms with E-state index in [-0.39, 0.29) is 26.2 Å². The molecule has 0 fully saturated rings. The Hall–Kier alpha value is -1.59. The van der Waals surface area contributed by atoms with Crippen LogP contribution < -0.4 is 0 Å². The van der Waals surface area contributed by atoms with Crippen molar-refractivity contribution in [2.24, 2.45) is 5.41 Å². The molecule has 0 amide bonds. The van der Waals surface area contributed by atoms with Gasteiger partial charge in [-0.2, -0.15) is 0 Å². The van der Waals surface area contributed by atoms with Crippen LogP contribution in [0.4, 0.5) is 0 Å². The van der Waals surface area contributed by atoms with E-state index in [4.69, 9.17) is 14.2 Å². The van der Waals surface area contributed by atoms with Gasteiger partial charge in [-0.1, -0.05) is 111 Å². The molecule has 0 rings (SSSR count). The Morgan fingerprint density at radius 3 is 1.00 bits per heavy atom. The molecule has 0 atom stereocenters. The van der Waals surface area contributed by atoms with Gasteiger partial charge < -0.3 is 14.2 Å². The Balaban J connectivity index is 5.14. The van der Waals surface area contributed by atoms with Crippen molar-refractivity contribution in [3.05, 3.63) is 0 Å². The van der Waals surface area contributed by atoms with Gasteiger partial charge in [0.05, 0.1) is 19.8 Å². The highest BCUT2D eigenvalue weighted by Crippen LogP contribution is 2.31. The number of ether oxygens (including phenoxy) is 3. The lowest BCUT2D eigenvalue weighted by atomic mass is 9.83. The third kappa shape index (κ3) is 13.3. The van der Waals surface area contributed by atoms with Crippen molar-refractivity contribution < 1.29 is 28.6 Å². The van der Waals surface area contributed by atoms with Crippen LogP contribution in [0.3, 0.4) is 0 Å². The summed E-state index contributed by atoms with van der Waals surface area (Å²) < 4.78 is 16.4. The Morgan fingerprint density at radius 1 is 0.441 bits per heavy atom. The maximum absolute atomic E-state index is 13.2. The Morgan fingerprint density at radius 2 is 0.735 bits per heavy atom. The van der Waals surface area contributed by atoms with Crippen LogP contribution in [0.5, 0.6) is 0 Å². The van der Waals surface area contributed by atoms with Gasteiger partial charge in [0, 0.05) is 0 Å². The van der Waals surface area contributed by atoms with Crippen LogP contribution >= 0.6 is 0 Å². The first-order valence-electron chi connectivity index (χ1n) is 14.0. The molecule has 0 spiro atoms. The van der Waals surface area contributed by atoms with E-state index < -0.39 is 23.3 Å². The fraction of sp³-hybridized carbons (Fsp3) is 0.893. The number of hydrogen-bond acceptors (Lipinski definition) is 6. The van der Waals surface area contributed by atoms with Crippen molar-refractivity contribution >= 4 is 17.9 Å². The normalized spacial score (nSPS) is 11.3. The van der Waals surface area contributed by atoms with E-state index in [0.29, 0.717) is 25.7 Å². The van der Waals surface area contributed by atoms with Crippen LogP contribution in [0, 0.1) is 5.41 Å². The van der Waals surface area contributed by atoms with Crippen molar-refractivity contribution in [3.63, 3.8) is 0 Å². The van der Waals surface area contributed by atoms with E-state index in [2.05, 4.69) is 20.8 Å². The van der Waals surface area contributed by atoms with Gasteiger partial charge in [-0.25, -0.2) is 0 Å². The van der Waals surface area contributed by atoms with E-state index >= 15 is 0 Å². The highest BCUT2D eigenvalue weighted by Gasteiger charge is 2.56. The van der Waals surface area contributed by atoms with Gasteiger partial charge in [-0.3, -0.25) is 14.4 Å². The molecule has 6 nitrogen and oxygen atoms in total. The molecule has 0 aromatic rings. The monoisotopic (exact) mass is 484 g/mol. The van der Waals surface area contributed by atoms with Crippen LogP contribution in [0.15, 0.2) is 0 Å². The minimum Gasteiger partial charge on any atom is -0.464 e. The number of carbonyl (C=O) groups excluding carboxylic acids is 3. The third-order valence-electron chi connectivity index (χ3n) is 6.11. The Kier molecular flexibility index (Phi) is 20.9. The average molecular weight is 485 g/mol. The number of unbranched alkanes of at least 4 members (excludes halogenated alkanes) is 12. The minimum atomic E-state index is -2.02. The molecule has 0 N–H and O–H groups in total. The van der Waals surface area contributed by atoms with E-state index in [1.165, 1.54) is 0 Å².